The molecule has 3 aromatic rings. The highest BCUT2D eigenvalue weighted by Crippen LogP contribution is 2.24. The van der Waals surface area contributed by atoms with Gasteiger partial charge in [0.15, 0.2) is 5.76 Å². The lowest BCUT2D eigenvalue weighted by atomic mass is 10.1. The summed E-state index contributed by atoms with van der Waals surface area (Å²) in [5, 5.41) is 2.88. The fraction of sp³-hybridized carbons (Fsp3) is 0.0714. The quantitative estimate of drug-likeness (QED) is 0.635. The Hall–Kier alpha value is -1.87. The van der Waals surface area contributed by atoms with E-state index in [1.165, 1.54) is 0 Å². The Morgan fingerprint density at radius 3 is 2.76 bits per heavy atom. The minimum Gasteiger partial charge on any atom is -0.453 e. The van der Waals surface area contributed by atoms with Crippen LogP contribution in [0.3, 0.4) is 0 Å². The molecular formula is C14H10O2S. The van der Waals surface area contributed by atoms with Crippen LogP contribution in [-0.2, 0) is 0 Å². The number of carbonyl (C=O) groups is 1. The molecule has 0 atom stereocenters. The number of furan rings is 1. The lowest BCUT2D eigenvalue weighted by Crippen LogP contribution is -1.98. The number of para-hydroxylation sites is 1. The van der Waals surface area contributed by atoms with E-state index in [0.29, 0.717) is 5.76 Å². The van der Waals surface area contributed by atoms with Crippen LogP contribution < -0.4 is 0 Å². The van der Waals surface area contributed by atoms with E-state index in [9.17, 15) is 4.79 Å². The summed E-state index contributed by atoms with van der Waals surface area (Å²) in [4.78, 5) is 13.2. The smallest absolute Gasteiger partial charge is 0.229 e. The Morgan fingerprint density at radius 2 is 2.06 bits per heavy atom. The summed E-state index contributed by atoms with van der Waals surface area (Å²) in [7, 11) is 0. The molecule has 3 heteroatoms. The van der Waals surface area contributed by atoms with Crippen molar-refractivity contribution < 1.29 is 9.21 Å². The van der Waals surface area contributed by atoms with Crippen LogP contribution in [0.4, 0.5) is 0 Å². The summed E-state index contributed by atoms with van der Waals surface area (Å²) in [5.74, 6) is 0.368. The first kappa shape index (κ1) is 10.3. The second-order valence-electron chi connectivity index (χ2n) is 3.87. The van der Waals surface area contributed by atoms with Crippen molar-refractivity contribution in [1.29, 1.82) is 0 Å². The highest BCUT2D eigenvalue weighted by Gasteiger charge is 2.16. The number of carbonyl (C=O) groups excluding carboxylic acids is 1. The Morgan fingerprint density at radius 1 is 1.24 bits per heavy atom. The Labute approximate surface area is 102 Å². The zero-order valence-electron chi connectivity index (χ0n) is 9.27. The molecule has 2 aromatic heterocycles. The van der Waals surface area contributed by atoms with Crippen LogP contribution >= 0.6 is 11.3 Å². The fourth-order valence-corrected chi connectivity index (χ4v) is 2.54. The van der Waals surface area contributed by atoms with Gasteiger partial charge in [-0.3, -0.25) is 4.79 Å². The van der Waals surface area contributed by atoms with Gasteiger partial charge in [0.05, 0.1) is 0 Å². The van der Waals surface area contributed by atoms with Crippen LogP contribution in [0.2, 0.25) is 0 Å². The SMILES string of the molecule is Cc1sccc1C(=O)c1cc2ccccc2o1. The topological polar surface area (TPSA) is 30.2 Å². The maximum atomic E-state index is 12.2. The highest BCUT2D eigenvalue weighted by atomic mass is 32.1. The molecule has 17 heavy (non-hydrogen) atoms. The minimum absolute atomic E-state index is 0.0417. The van der Waals surface area contributed by atoms with E-state index in [-0.39, 0.29) is 5.78 Å². The molecule has 0 radical (unpaired) electrons. The first-order valence-electron chi connectivity index (χ1n) is 5.33. The molecule has 1 aromatic carbocycles. The first-order chi connectivity index (χ1) is 8.25. The molecule has 84 valence electrons. The molecule has 0 unspecified atom stereocenters. The highest BCUT2D eigenvalue weighted by molar-refractivity contribution is 7.10. The van der Waals surface area contributed by atoms with Crippen molar-refractivity contribution in [2.45, 2.75) is 6.92 Å². The van der Waals surface area contributed by atoms with E-state index < -0.39 is 0 Å². The van der Waals surface area contributed by atoms with Gasteiger partial charge in [-0.2, -0.15) is 0 Å². The fourth-order valence-electron chi connectivity index (χ4n) is 1.85. The van der Waals surface area contributed by atoms with Gasteiger partial charge in [-0.15, -0.1) is 11.3 Å². The molecule has 0 spiro atoms. The van der Waals surface area contributed by atoms with Crippen molar-refractivity contribution in [3.8, 4) is 0 Å². The maximum absolute atomic E-state index is 12.2. The van der Waals surface area contributed by atoms with Crippen molar-refractivity contribution in [1.82, 2.24) is 0 Å². The van der Waals surface area contributed by atoms with Crippen LogP contribution in [0.1, 0.15) is 21.0 Å². The van der Waals surface area contributed by atoms with Crippen molar-refractivity contribution in [2.24, 2.45) is 0 Å². The van der Waals surface area contributed by atoms with Gasteiger partial charge < -0.3 is 4.42 Å². The third-order valence-corrected chi connectivity index (χ3v) is 3.60. The van der Waals surface area contributed by atoms with Crippen LogP contribution in [0.25, 0.3) is 11.0 Å². The molecule has 0 saturated carbocycles. The summed E-state index contributed by atoms with van der Waals surface area (Å²) in [5.41, 5.74) is 1.48. The number of rotatable bonds is 2. The monoisotopic (exact) mass is 242 g/mol. The number of thiophene rings is 1. The summed E-state index contributed by atoms with van der Waals surface area (Å²) in [6.45, 7) is 1.94. The van der Waals surface area contributed by atoms with Crippen molar-refractivity contribution in [3.05, 3.63) is 58.0 Å². The Bertz CT molecular complexity index is 658. The van der Waals surface area contributed by atoms with Gasteiger partial charge in [0.1, 0.15) is 5.58 Å². The van der Waals surface area contributed by atoms with Gasteiger partial charge in [-0.05, 0) is 30.5 Å². The average molecular weight is 242 g/mol. The van der Waals surface area contributed by atoms with Gasteiger partial charge >= 0.3 is 0 Å². The van der Waals surface area contributed by atoms with Gasteiger partial charge in [-0.25, -0.2) is 0 Å². The zero-order chi connectivity index (χ0) is 11.8. The number of benzene rings is 1. The maximum Gasteiger partial charge on any atom is 0.229 e. The van der Waals surface area contributed by atoms with Crippen molar-refractivity contribution in [2.75, 3.05) is 0 Å². The van der Waals surface area contributed by atoms with Crippen LogP contribution in [0.5, 0.6) is 0 Å². The molecule has 0 aliphatic rings. The van der Waals surface area contributed by atoms with Gasteiger partial charge in [-0.1, -0.05) is 18.2 Å². The molecule has 0 fully saturated rings. The van der Waals surface area contributed by atoms with Crippen LogP contribution in [0, 0.1) is 6.92 Å². The lowest BCUT2D eigenvalue weighted by molar-refractivity contribution is 0.101. The standard InChI is InChI=1S/C14H10O2S/c1-9-11(6-7-17-9)14(15)13-8-10-4-2-3-5-12(10)16-13/h2-8H,1H3. The third-order valence-electron chi connectivity index (χ3n) is 2.75. The van der Waals surface area contributed by atoms with E-state index >= 15 is 0 Å². The molecule has 2 heterocycles. The summed E-state index contributed by atoms with van der Waals surface area (Å²) < 4.78 is 5.56. The second kappa shape index (κ2) is 3.86. The average Bonchev–Trinajstić information content (AvgIpc) is 2.93. The molecule has 0 aliphatic carbocycles. The van der Waals surface area contributed by atoms with E-state index in [4.69, 9.17) is 4.42 Å². The van der Waals surface area contributed by atoms with Gasteiger partial charge in [0.2, 0.25) is 5.78 Å². The molecule has 0 saturated heterocycles. The molecule has 2 nitrogen and oxygen atoms in total. The first-order valence-corrected chi connectivity index (χ1v) is 6.21. The molecule has 3 rings (SSSR count). The number of ketones is 1. The Balaban J connectivity index is 2.10. The summed E-state index contributed by atoms with van der Waals surface area (Å²) in [6.07, 6.45) is 0. The third kappa shape index (κ3) is 1.68. The number of hydrogen-bond donors (Lipinski definition) is 0. The number of hydrogen-bond acceptors (Lipinski definition) is 3. The van der Waals surface area contributed by atoms with E-state index in [0.717, 1.165) is 21.4 Å². The zero-order valence-corrected chi connectivity index (χ0v) is 10.1. The summed E-state index contributed by atoms with van der Waals surface area (Å²) >= 11 is 1.57. The van der Waals surface area contributed by atoms with Crippen LogP contribution in [0.15, 0.2) is 46.2 Å². The normalized spacial score (nSPS) is 10.9. The summed E-state index contributed by atoms with van der Waals surface area (Å²) in [6, 6.07) is 11.3. The van der Waals surface area contributed by atoms with Crippen molar-refractivity contribution >= 4 is 28.1 Å². The predicted octanol–water partition coefficient (Wildman–Crippen LogP) is 4.03. The molecule has 0 aliphatic heterocycles. The van der Waals surface area contributed by atoms with Crippen LogP contribution in [-0.4, -0.2) is 5.78 Å². The Kier molecular flexibility index (Phi) is 2.34. The molecule has 0 amide bonds. The molecule has 0 N–H and O–H groups in total. The molecule has 0 bridgehead atoms. The number of aryl methyl sites for hydroxylation is 1. The van der Waals surface area contributed by atoms with Gasteiger partial charge in [0.25, 0.3) is 0 Å². The lowest BCUT2D eigenvalue weighted by Gasteiger charge is -1.94. The largest absolute Gasteiger partial charge is 0.453 e. The second-order valence-corrected chi connectivity index (χ2v) is 4.99. The van der Waals surface area contributed by atoms with Gasteiger partial charge in [0, 0.05) is 15.8 Å². The minimum atomic E-state index is -0.0417. The van der Waals surface area contributed by atoms with Crippen molar-refractivity contribution in [3.63, 3.8) is 0 Å². The number of fused-ring (bicyclic) bond motifs is 1. The van der Waals surface area contributed by atoms with E-state index in [2.05, 4.69) is 0 Å². The molecular weight excluding hydrogens is 232 g/mol. The van der Waals surface area contributed by atoms with E-state index in [1.807, 2.05) is 42.6 Å². The van der Waals surface area contributed by atoms with E-state index in [1.54, 1.807) is 17.4 Å². The predicted molar refractivity (Wildman–Crippen MR) is 68.7 cm³/mol.